The molecule has 20 heavy (non-hydrogen) atoms. The van der Waals surface area contributed by atoms with Crippen molar-refractivity contribution >= 4 is 5.78 Å². The molecule has 0 atom stereocenters. The first-order valence-electron chi connectivity index (χ1n) is 7.91. The molecule has 1 fully saturated rings. The van der Waals surface area contributed by atoms with E-state index in [2.05, 4.69) is 13.0 Å². The lowest BCUT2D eigenvalue weighted by Gasteiger charge is -2.22. The van der Waals surface area contributed by atoms with Crippen LogP contribution in [0.3, 0.4) is 0 Å². The van der Waals surface area contributed by atoms with Gasteiger partial charge in [0.05, 0.1) is 12.2 Å². The molecule has 0 unspecified atom stereocenters. The Hall–Kier alpha value is -1.31. The molecule has 1 saturated carbocycles. The van der Waals surface area contributed by atoms with Gasteiger partial charge in [0, 0.05) is 5.92 Å². The van der Waals surface area contributed by atoms with Gasteiger partial charge in [-0.1, -0.05) is 32.3 Å². The molecule has 0 saturated heterocycles. The van der Waals surface area contributed by atoms with E-state index in [0.29, 0.717) is 12.4 Å². The SMILES string of the molecule is CCCOc1c(C)cc(C)cc1C(=O)C1CCCCC1. The van der Waals surface area contributed by atoms with Crippen molar-refractivity contribution in [1.29, 1.82) is 0 Å². The van der Waals surface area contributed by atoms with Gasteiger partial charge in [0.15, 0.2) is 5.78 Å². The third-order valence-electron chi connectivity index (χ3n) is 4.11. The van der Waals surface area contributed by atoms with Crippen molar-refractivity contribution in [3.63, 3.8) is 0 Å². The summed E-state index contributed by atoms with van der Waals surface area (Å²) in [7, 11) is 0. The highest BCUT2D eigenvalue weighted by molar-refractivity contribution is 6.01. The lowest BCUT2D eigenvalue weighted by molar-refractivity contribution is 0.0885. The predicted molar refractivity (Wildman–Crippen MR) is 82.6 cm³/mol. The van der Waals surface area contributed by atoms with Gasteiger partial charge in [-0.15, -0.1) is 0 Å². The third kappa shape index (κ3) is 3.41. The van der Waals surface area contributed by atoms with Gasteiger partial charge in [-0.2, -0.15) is 0 Å². The van der Waals surface area contributed by atoms with E-state index in [4.69, 9.17) is 4.74 Å². The van der Waals surface area contributed by atoms with E-state index in [1.165, 1.54) is 19.3 Å². The summed E-state index contributed by atoms with van der Waals surface area (Å²) in [6.07, 6.45) is 6.69. The molecule has 110 valence electrons. The minimum atomic E-state index is 0.203. The van der Waals surface area contributed by atoms with Crippen molar-refractivity contribution in [2.45, 2.75) is 59.3 Å². The number of carbonyl (C=O) groups is 1. The molecule has 0 heterocycles. The number of rotatable bonds is 5. The summed E-state index contributed by atoms with van der Waals surface area (Å²) in [6, 6.07) is 4.11. The summed E-state index contributed by atoms with van der Waals surface area (Å²) >= 11 is 0. The Morgan fingerprint density at radius 2 is 1.90 bits per heavy atom. The number of carbonyl (C=O) groups excluding carboxylic acids is 1. The van der Waals surface area contributed by atoms with Gasteiger partial charge in [-0.3, -0.25) is 4.79 Å². The highest BCUT2D eigenvalue weighted by atomic mass is 16.5. The van der Waals surface area contributed by atoms with Gasteiger partial charge >= 0.3 is 0 Å². The van der Waals surface area contributed by atoms with E-state index in [9.17, 15) is 4.79 Å². The van der Waals surface area contributed by atoms with Crippen molar-refractivity contribution < 1.29 is 9.53 Å². The van der Waals surface area contributed by atoms with Gasteiger partial charge in [0.1, 0.15) is 5.75 Å². The van der Waals surface area contributed by atoms with Crippen LogP contribution in [0.15, 0.2) is 12.1 Å². The standard InChI is InChI=1S/C18H26O2/c1-4-10-20-18-14(3)11-13(2)12-16(18)17(19)15-8-6-5-7-9-15/h11-12,15H,4-10H2,1-3H3. The minimum Gasteiger partial charge on any atom is -0.493 e. The van der Waals surface area contributed by atoms with E-state index < -0.39 is 0 Å². The summed E-state index contributed by atoms with van der Waals surface area (Å²) in [5, 5.41) is 0. The topological polar surface area (TPSA) is 26.3 Å². The Bertz CT molecular complexity index is 471. The molecule has 0 aliphatic heterocycles. The Kier molecular flexibility index (Phi) is 5.22. The maximum Gasteiger partial charge on any atom is 0.169 e. The first-order valence-corrected chi connectivity index (χ1v) is 7.91. The second kappa shape index (κ2) is 6.92. The van der Waals surface area contributed by atoms with Gasteiger partial charge in [-0.05, 0) is 50.3 Å². The Morgan fingerprint density at radius 1 is 1.20 bits per heavy atom. The molecule has 1 aliphatic carbocycles. The summed E-state index contributed by atoms with van der Waals surface area (Å²) in [4.78, 5) is 12.8. The summed E-state index contributed by atoms with van der Waals surface area (Å²) in [5.74, 6) is 1.31. The fraction of sp³-hybridized carbons (Fsp3) is 0.611. The number of hydrogen-bond acceptors (Lipinski definition) is 2. The fourth-order valence-corrected chi connectivity index (χ4v) is 3.12. The van der Waals surface area contributed by atoms with Crippen molar-refractivity contribution in [3.05, 3.63) is 28.8 Å². The van der Waals surface area contributed by atoms with Crippen molar-refractivity contribution in [3.8, 4) is 5.75 Å². The average Bonchev–Trinajstić information content (AvgIpc) is 2.46. The van der Waals surface area contributed by atoms with Gasteiger partial charge in [0.2, 0.25) is 0 Å². The molecule has 1 aromatic rings. The minimum absolute atomic E-state index is 0.203. The number of hydrogen-bond donors (Lipinski definition) is 0. The molecule has 0 spiro atoms. The maximum absolute atomic E-state index is 12.8. The molecule has 2 nitrogen and oxygen atoms in total. The molecular formula is C18H26O2. The highest BCUT2D eigenvalue weighted by Crippen LogP contribution is 2.32. The molecule has 1 aromatic carbocycles. The quantitative estimate of drug-likeness (QED) is 0.717. The van der Waals surface area contributed by atoms with Crippen LogP contribution in [0.1, 0.15) is 66.9 Å². The zero-order chi connectivity index (χ0) is 14.5. The van der Waals surface area contributed by atoms with Crippen LogP contribution in [-0.4, -0.2) is 12.4 Å². The number of aryl methyl sites for hydroxylation is 2. The van der Waals surface area contributed by atoms with Crippen molar-refractivity contribution in [2.75, 3.05) is 6.61 Å². The first kappa shape index (κ1) is 15.1. The molecule has 0 aromatic heterocycles. The van der Waals surface area contributed by atoms with E-state index in [-0.39, 0.29) is 5.92 Å². The van der Waals surface area contributed by atoms with Gasteiger partial charge in [0.25, 0.3) is 0 Å². The van der Waals surface area contributed by atoms with Crippen LogP contribution in [-0.2, 0) is 0 Å². The molecule has 0 bridgehead atoms. The van der Waals surface area contributed by atoms with Crippen LogP contribution in [0.2, 0.25) is 0 Å². The van der Waals surface area contributed by atoms with Crippen molar-refractivity contribution in [1.82, 2.24) is 0 Å². The molecule has 0 radical (unpaired) electrons. The lowest BCUT2D eigenvalue weighted by Crippen LogP contribution is -2.19. The Balaban J connectivity index is 2.30. The van der Waals surface area contributed by atoms with E-state index >= 15 is 0 Å². The zero-order valence-corrected chi connectivity index (χ0v) is 13.0. The second-order valence-corrected chi connectivity index (χ2v) is 6.01. The highest BCUT2D eigenvalue weighted by Gasteiger charge is 2.25. The average molecular weight is 274 g/mol. The molecule has 1 aliphatic rings. The van der Waals surface area contributed by atoms with Crippen molar-refractivity contribution in [2.24, 2.45) is 5.92 Å². The lowest BCUT2D eigenvalue weighted by atomic mass is 9.83. The number of ketones is 1. The molecule has 0 amide bonds. The zero-order valence-electron chi connectivity index (χ0n) is 13.0. The molecule has 2 heteroatoms. The summed E-state index contributed by atoms with van der Waals surface area (Å²) in [6.45, 7) is 6.85. The van der Waals surface area contributed by atoms with Crippen LogP contribution in [0.25, 0.3) is 0 Å². The van der Waals surface area contributed by atoms with Gasteiger partial charge in [-0.25, -0.2) is 0 Å². The molecular weight excluding hydrogens is 248 g/mol. The van der Waals surface area contributed by atoms with Gasteiger partial charge < -0.3 is 4.74 Å². The van der Waals surface area contributed by atoms with Crippen LogP contribution in [0.4, 0.5) is 0 Å². The maximum atomic E-state index is 12.8. The van der Waals surface area contributed by atoms with E-state index in [1.54, 1.807) is 0 Å². The summed E-state index contributed by atoms with van der Waals surface area (Å²) in [5.41, 5.74) is 3.03. The number of ether oxygens (including phenoxy) is 1. The number of benzene rings is 1. The Labute approximate surface area is 122 Å². The second-order valence-electron chi connectivity index (χ2n) is 6.01. The van der Waals surface area contributed by atoms with Crippen LogP contribution < -0.4 is 4.74 Å². The van der Waals surface area contributed by atoms with Crippen LogP contribution >= 0.6 is 0 Å². The Morgan fingerprint density at radius 3 is 2.55 bits per heavy atom. The van der Waals surface area contributed by atoms with Crippen LogP contribution in [0.5, 0.6) is 5.75 Å². The molecule has 0 N–H and O–H groups in total. The normalized spacial score (nSPS) is 16.1. The van der Waals surface area contributed by atoms with Crippen LogP contribution in [0, 0.1) is 19.8 Å². The summed E-state index contributed by atoms with van der Waals surface area (Å²) < 4.78 is 5.86. The smallest absolute Gasteiger partial charge is 0.169 e. The molecule has 2 rings (SSSR count). The first-order chi connectivity index (χ1) is 9.63. The number of Topliss-reactive ketones (excluding diaryl/α,β-unsaturated/α-hetero) is 1. The fourth-order valence-electron chi connectivity index (χ4n) is 3.12. The largest absolute Gasteiger partial charge is 0.493 e. The monoisotopic (exact) mass is 274 g/mol. The van der Waals surface area contributed by atoms with E-state index in [1.807, 2.05) is 19.9 Å². The van der Waals surface area contributed by atoms with E-state index in [0.717, 1.165) is 41.7 Å². The third-order valence-corrected chi connectivity index (χ3v) is 4.11. The predicted octanol–water partition coefficient (Wildman–Crippen LogP) is 4.86.